The fourth-order valence-corrected chi connectivity index (χ4v) is 2.89. The Hall–Kier alpha value is -4.08. The quantitative estimate of drug-likeness (QED) is 0.258. The van der Waals surface area contributed by atoms with Crippen LogP contribution in [0.15, 0.2) is 53.8 Å². The number of halogens is 1. The molecule has 2 aromatic carbocycles. The highest BCUT2D eigenvalue weighted by molar-refractivity contribution is 5.93. The van der Waals surface area contributed by atoms with Gasteiger partial charge in [-0.2, -0.15) is 0 Å². The molecule has 3 aromatic rings. The van der Waals surface area contributed by atoms with Gasteiger partial charge < -0.3 is 25.0 Å². The maximum absolute atomic E-state index is 13.2. The number of oxime groups is 1. The number of carbonyl (C=O) groups excluding carboxylic acids is 1. The third-order valence-electron chi connectivity index (χ3n) is 4.36. The number of nitrogens with one attached hydrogen (secondary N) is 1. The molecule has 0 atom stereocenters. The minimum absolute atomic E-state index is 0.122. The molecule has 1 heterocycles. The number of carbonyl (C=O) groups is 1. The van der Waals surface area contributed by atoms with E-state index < -0.39 is 5.97 Å². The van der Waals surface area contributed by atoms with E-state index in [1.807, 2.05) is 0 Å². The second kappa shape index (κ2) is 9.61. The van der Waals surface area contributed by atoms with Gasteiger partial charge in [0.2, 0.25) is 11.9 Å². The second-order valence-corrected chi connectivity index (χ2v) is 6.39. The number of nitrogens with two attached hydrogens (primary N) is 1. The van der Waals surface area contributed by atoms with Gasteiger partial charge in [-0.3, -0.25) is 4.90 Å². The van der Waals surface area contributed by atoms with E-state index in [4.69, 9.17) is 20.0 Å². The number of anilines is 1. The summed E-state index contributed by atoms with van der Waals surface area (Å²) in [5.41, 5.74) is 8.14. The summed E-state index contributed by atoms with van der Waals surface area (Å²) in [7, 11) is 3.08. The molecule has 3 N–H and O–H groups in total. The first-order chi connectivity index (χ1) is 14.9. The van der Waals surface area contributed by atoms with Gasteiger partial charge in [0.15, 0.2) is 0 Å². The molecule has 0 radical (unpaired) electrons. The van der Waals surface area contributed by atoms with E-state index in [2.05, 4.69) is 15.1 Å². The number of hydrogen-bond acceptors (Lipinski definition) is 6. The van der Waals surface area contributed by atoms with Gasteiger partial charge in [0.25, 0.3) is 0 Å². The first kappa shape index (κ1) is 21.6. The molecule has 0 spiro atoms. The van der Waals surface area contributed by atoms with Crippen molar-refractivity contribution >= 4 is 17.9 Å². The average molecular weight is 427 g/mol. The highest BCUT2D eigenvalue weighted by Crippen LogP contribution is 2.31. The predicted molar refractivity (Wildman–Crippen MR) is 113 cm³/mol. The molecule has 0 saturated heterocycles. The Kier molecular flexibility index (Phi) is 6.71. The zero-order valence-electron chi connectivity index (χ0n) is 17.3. The minimum Gasteiger partial charge on any atom is -0.496 e. The van der Waals surface area contributed by atoms with Crippen molar-refractivity contribution < 1.29 is 23.5 Å². The molecule has 0 aliphatic heterocycles. The predicted octanol–water partition coefficient (Wildman–Crippen LogP) is 3.03. The Bertz CT molecular complexity index is 1060. The minimum atomic E-state index is -0.621. The van der Waals surface area contributed by atoms with Crippen LogP contribution in [0.25, 0.3) is 11.3 Å². The van der Waals surface area contributed by atoms with Gasteiger partial charge >= 0.3 is 5.97 Å². The summed E-state index contributed by atoms with van der Waals surface area (Å²) >= 11 is 0. The van der Waals surface area contributed by atoms with Crippen LogP contribution >= 0.6 is 0 Å². The van der Waals surface area contributed by atoms with Crippen molar-refractivity contribution in [2.45, 2.75) is 13.5 Å². The van der Waals surface area contributed by atoms with Crippen LogP contribution in [-0.4, -0.2) is 36.1 Å². The number of rotatable bonds is 7. The Morgan fingerprint density at radius 3 is 2.39 bits per heavy atom. The molecule has 10 heteroatoms. The Morgan fingerprint density at radius 2 is 1.81 bits per heavy atom. The Morgan fingerprint density at radius 1 is 1.16 bits per heavy atom. The summed E-state index contributed by atoms with van der Waals surface area (Å²) < 4.78 is 24.1. The van der Waals surface area contributed by atoms with Crippen LogP contribution in [0.3, 0.4) is 0 Å². The number of aromatic nitrogens is 2. The standard InChI is InChI=1S/C21H22FN5O4/c1-13(28)31-26-20(23)27(12-16-18(29-2)5-4-6-19(16)30-3)21-24-11-17(25-21)14-7-9-15(22)10-8-14/h4-11H,12H2,1-3H3,(H2,23,26)(H,24,25). The number of methoxy groups -OCH3 is 2. The van der Waals surface area contributed by atoms with Crippen LogP contribution in [0.4, 0.5) is 10.3 Å². The number of aromatic amines is 1. The van der Waals surface area contributed by atoms with Gasteiger partial charge in [0.1, 0.15) is 17.3 Å². The molecule has 0 amide bonds. The third kappa shape index (κ3) is 5.10. The first-order valence-electron chi connectivity index (χ1n) is 9.22. The molecule has 9 nitrogen and oxygen atoms in total. The smallest absolute Gasteiger partial charge is 0.332 e. The van der Waals surface area contributed by atoms with Crippen LogP contribution in [-0.2, 0) is 16.2 Å². The summed E-state index contributed by atoms with van der Waals surface area (Å²) in [6, 6.07) is 11.3. The van der Waals surface area contributed by atoms with E-state index in [9.17, 15) is 9.18 Å². The third-order valence-corrected chi connectivity index (χ3v) is 4.36. The Labute approximate surface area is 178 Å². The van der Waals surface area contributed by atoms with Crippen LogP contribution in [0.2, 0.25) is 0 Å². The first-order valence-corrected chi connectivity index (χ1v) is 9.22. The van der Waals surface area contributed by atoms with Crippen molar-refractivity contribution in [2.24, 2.45) is 10.9 Å². The molecule has 0 fully saturated rings. The molecule has 0 unspecified atom stereocenters. The van der Waals surface area contributed by atoms with Crippen LogP contribution in [0, 0.1) is 5.82 Å². The molecule has 31 heavy (non-hydrogen) atoms. The highest BCUT2D eigenvalue weighted by Gasteiger charge is 2.21. The fraction of sp³-hybridized carbons (Fsp3) is 0.190. The van der Waals surface area contributed by atoms with Gasteiger partial charge in [0, 0.05) is 6.92 Å². The van der Waals surface area contributed by atoms with E-state index in [1.165, 1.54) is 24.0 Å². The average Bonchev–Trinajstić information content (AvgIpc) is 3.25. The van der Waals surface area contributed by atoms with Crippen molar-refractivity contribution in [3.05, 3.63) is 60.0 Å². The fourth-order valence-electron chi connectivity index (χ4n) is 2.89. The topological polar surface area (TPSA) is 115 Å². The largest absolute Gasteiger partial charge is 0.496 e. The molecular formula is C21H22FN5O4. The van der Waals surface area contributed by atoms with Gasteiger partial charge in [-0.05, 0) is 47.1 Å². The number of hydrogen-bond donors (Lipinski definition) is 2. The van der Waals surface area contributed by atoms with Crippen molar-refractivity contribution in [3.8, 4) is 22.8 Å². The van der Waals surface area contributed by atoms with Crippen molar-refractivity contribution in [1.82, 2.24) is 9.97 Å². The van der Waals surface area contributed by atoms with Gasteiger partial charge in [-0.1, -0.05) is 6.07 Å². The zero-order chi connectivity index (χ0) is 22.4. The highest BCUT2D eigenvalue weighted by atomic mass is 19.1. The summed E-state index contributed by atoms with van der Waals surface area (Å²) in [5.74, 6) is 0.365. The van der Waals surface area contributed by atoms with Crippen LogP contribution in [0.5, 0.6) is 11.5 Å². The van der Waals surface area contributed by atoms with E-state index in [-0.39, 0.29) is 18.3 Å². The number of H-pyrrole nitrogens is 1. The van der Waals surface area contributed by atoms with Gasteiger partial charge in [-0.25, -0.2) is 14.2 Å². The molecular weight excluding hydrogens is 405 g/mol. The van der Waals surface area contributed by atoms with E-state index in [0.717, 1.165) is 5.56 Å². The number of ether oxygens (including phenoxy) is 2. The number of nitrogens with zero attached hydrogens (tertiary/aromatic N) is 3. The molecule has 162 valence electrons. The summed E-state index contributed by atoms with van der Waals surface area (Å²) in [6.07, 6.45) is 1.58. The number of benzene rings is 2. The van der Waals surface area contributed by atoms with E-state index >= 15 is 0 Å². The van der Waals surface area contributed by atoms with E-state index in [0.29, 0.717) is 28.7 Å². The van der Waals surface area contributed by atoms with Gasteiger partial charge in [-0.15, -0.1) is 0 Å². The maximum Gasteiger partial charge on any atom is 0.332 e. The van der Waals surface area contributed by atoms with Crippen LogP contribution < -0.4 is 20.1 Å². The lowest BCUT2D eigenvalue weighted by Crippen LogP contribution is -2.38. The van der Waals surface area contributed by atoms with Crippen molar-refractivity contribution in [1.29, 1.82) is 0 Å². The van der Waals surface area contributed by atoms with Gasteiger partial charge in [0.05, 0.1) is 38.2 Å². The lowest BCUT2D eigenvalue weighted by atomic mass is 10.1. The maximum atomic E-state index is 13.2. The molecule has 3 rings (SSSR count). The molecule has 0 saturated carbocycles. The van der Waals surface area contributed by atoms with Crippen molar-refractivity contribution in [3.63, 3.8) is 0 Å². The molecule has 1 aromatic heterocycles. The SMILES string of the molecule is COc1cccc(OC)c1CN(/C(N)=N/OC(C)=O)c1ncc(-c2ccc(F)cc2)[nH]1. The zero-order valence-corrected chi connectivity index (χ0v) is 17.3. The summed E-state index contributed by atoms with van der Waals surface area (Å²) in [4.78, 5) is 24.9. The number of guanidine groups is 1. The second-order valence-electron chi connectivity index (χ2n) is 6.39. The molecule has 0 aliphatic carbocycles. The monoisotopic (exact) mass is 427 g/mol. The normalized spacial score (nSPS) is 11.2. The molecule has 0 aliphatic rings. The summed E-state index contributed by atoms with van der Waals surface area (Å²) in [6.45, 7) is 1.35. The van der Waals surface area contributed by atoms with Crippen LogP contribution in [0.1, 0.15) is 12.5 Å². The lowest BCUT2D eigenvalue weighted by molar-refractivity contribution is -0.140. The van der Waals surface area contributed by atoms with E-state index in [1.54, 1.807) is 50.7 Å². The van der Waals surface area contributed by atoms with Crippen molar-refractivity contribution in [2.75, 3.05) is 19.1 Å². The lowest BCUT2D eigenvalue weighted by Gasteiger charge is -2.22. The Balaban J connectivity index is 2.01. The summed E-state index contributed by atoms with van der Waals surface area (Å²) in [5, 5.41) is 3.68. The number of imidazole rings is 1. The molecule has 0 bridgehead atoms.